The maximum absolute atomic E-state index is 14.2. The summed E-state index contributed by atoms with van der Waals surface area (Å²) in [5.74, 6) is -2.61. The zero-order chi connectivity index (χ0) is 31.7. The average molecular weight is 629 g/mol. The first-order valence-electron chi connectivity index (χ1n) is 16.4. The Morgan fingerprint density at radius 1 is 0.955 bits per heavy atom. The number of nitrogens with one attached hydrogen (secondary N) is 1. The van der Waals surface area contributed by atoms with E-state index in [-0.39, 0.29) is 36.7 Å². The number of ketones is 2. The van der Waals surface area contributed by atoms with Crippen molar-refractivity contribution < 1.29 is 54.4 Å². The maximum atomic E-state index is 14.2. The third-order valence-electron chi connectivity index (χ3n) is 11.3. The van der Waals surface area contributed by atoms with Gasteiger partial charge in [-0.25, -0.2) is 0 Å². The molecule has 5 rings (SSSR count). The molecule has 252 valence electrons. The summed E-state index contributed by atoms with van der Waals surface area (Å²) in [5, 5.41) is 64.9. The van der Waals surface area contributed by atoms with Crippen molar-refractivity contribution in [3.63, 3.8) is 0 Å². The van der Waals surface area contributed by atoms with E-state index in [9.17, 15) is 40.2 Å². The average Bonchev–Trinajstić information content (AvgIpc) is 3.01. The predicted octanol–water partition coefficient (Wildman–Crippen LogP) is -1.57. The summed E-state index contributed by atoms with van der Waals surface area (Å²) in [6, 6.07) is 0. The largest absolute Gasteiger partial charge is 0.396 e. The number of carbonyl (C=O) groups excluding carboxylic acids is 2. The zero-order valence-electron chi connectivity index (χ0n) is 25.5. The Balaban J connectivity index is 1.32. The quantitative estimate of drug-likeness (QED) is 0.137. The molecule has 3 aliphatic carbocycles. The first kappa shape index (κ1) is 34.2. The number of ether oxygens (including phenoxy) is 3. The van der Waals surface area contributed by atoms with Gasteiger partial charge in [-0.05, 0) is 75.7 Å². The Bertz CT molecular complexity index is 978. The van der Waals surface area contributed by atoms with Crippen LogP contribution in [-0.4, -0.2) is 124 Å². The number of carbonyl (C=O) groups is 2. The van der Waals surface area contributed by atoms with Crippen LogP contribution >= 0.6 is 0 Å². The molecule has 0 amide bonds. The maximum Gasteiger partial charge on any atom is 0.186 e. The Labute approximate surface area is 258 Å². The number of methoxy groups -OCH3 is 1. The van der Waals surface area contributed by atoms with Gasteiger partial charge in [0, 0.05) is 32.0 Å². The van der Waals surface area contributed by atoms with Gasteiger partial charge in [-0.2, -0.15) is 0 Å². The van der Waals surface area contributed by atoms with E-state index in [4.69, 9.17) is 19.9 Å². The molecule has 0 radical (unpaired) electrons. The van der Waals surface area contributed by atoms with E-state index in [1.165, 1.54) is 7.11 Å². The van der Waals surface area contributed by atoms with Crippen molar-refractivity contribution in [2.45, 2.75) is 113 Å². The van der Waals surface area contributed by atoms with Gasteiger partial charge in [0.05, 0.1) is 42.9 Å². The van der Waals surface area contributed by atoms with Crippen LogP contribution in [0.1, 0.15) is 57.8 Å². The fourth-order valence-corrected chi connectivity index (χ4v) is 8.91. The van der Waals surface area contributed by atoms with Gasteiger partial charge in [-0.1, -0.05) is 0 Å². The molecule has 3 saturated carbocycles. The minimum absolute atomic E-state index is 0.0132. The van der Waals surface area contributed by atoms with E-state index in [0.29, 0.717) is 37.5 Å². The number of fused-ring (bicyclic) bond motifs is 2. The molecule has 13 heteroatoms. The SMILES string of the molecule is COC1CC(O[C@H]2O[C@H](CO)[C@@H](O)[C@H](O)[C@H]2O)C2C(=O)C3C(O)CC(C[C@H](CCCO)C4CCC(N)NC4)CC3C(=O)C2C1. The second-order valence-corrected chi connectivity index (χ2v) is 13.9. The van der Waals surface area contributed by atoms with Crippen LogP contribution in [0.4, 0.5) is 0 Å². The van der Waals surface area contributed by atoms with Gasteiger partial charge in [0.2, 0.25) is 0 Å². The highest BCUT2D eigenvalue weighted by Gasteiger charge is 2.59. The molecule has 2 heterocycles. The van der Waals surface area contributed by atoms with E-state index in [1.807, 2.05) is 0 Å². The molecule has 0 aromatic carbocycles. The molecule has 13 nitrogen and oxygen atoms in total. The van der Waals surface area contributed by atoms with Crippen molar-refractivity contribution in [3.05, 3.63) is 0 Å². The summed E-state index contributed by atoms with van der Waals surface area (Å²) in [5.41, 5.74) is 6.05. The van der Waals surface area contributed by atoms with Crippen LogP contribution in [0.3, 0.4) is 0 Å². The minimum Gasteiger partial charge on any atom is -0.396 e. The molecule has 9 N–H and O–H groups in total. The first-order chi connectivity index (χ1) is 21.1. The lowest BCUT2D eigenvalue weighted by Crippen LogP contribution is -2.63. The van der Waals surface area contributed by atoms with Crippen molar-refractivity contribution in [3.8, 4) is 0 Å². The topological polar surface area (TPSA) is 221 Å². The predicted molar refractivity (Wildman–Crippen MR) is 155 cm³/mol. The van der Waals surface area contributed by atoms with Crippen molar-refractivity contribution in [2.75, 3.05) is 26.9 Å². The lowest BCUT2D eigenvalue weighted by Gasteiger charge is -2.51. The summed E-state index contributed by atoms with van der Waals surface area (Å²) < 4.78 is 17.3. The van der Waals surface area contributed by atoms with Crippen LogP contribution in [0.15, 0.2) is 0 Å². The molecule has 2 aliphatic heterocycles. The second kappa shape index (κ2) is 14.8. The molecule has 5 fully saturated rings. The highest BCUT2D eigenvalue weighted by atomic mass is 16.7. The number of hydrogen-bond acceptors (Lipinski definition) is 13. The molecular formula is C31H52N2O11. The Morgan fingerprint density at radius 3 is 2.36 bits per heavy atom. The number of rotatable bonds is 10. The van der Waals surface area contributed by atoms with Gasteiger partial charge in [-0.3, -0.25) is 9.59 Å². The number of hydrogen-bond donors (Lipinski definition) is 8. The normalized spacial score (nSPS) is 47.1. The van der Waals surface area contributed by atoms with Crippen molar-refractivity contribution in [1.82, 2.24) is 5.32 Å². The van der Waals surface area contributed by atoms with Crippen molar-refractivity contribution in [2.24, 2.45) is 47.2 Å². The van der Waals surface area contributed by atoms with E-state index >= 15 is 0 Å². The van der Waals surface area contributed by atoms with Crippen LogP contribution in [0.25, 0.3) is 0 Å². The fraction of sp³-hybridized carbons (Fsp3) is 0.935. The van der Waals surface area contributed by atoms with E-state index in [2.05, 4.69) is 5.32 Å². The van der Waals surface area contributed by atoms with Gasteiger partial charge in [0.1, 0.15) is 36.0 Å². The summed E-state index contributed by atoms with van der Waals surface area (Å²) >= 11 is 0. The highest BCUT2D eigenvalue weighted by Crippen LogP contribution is 2.50. The molecule has 16 atom stereocenters. The fourth-order valence-electron chi connectivity index (χ4n) is 8.91. The van der Waals surface area contributed by atoms with Gasteiger partial charge < -0.3 is 55.9 Å². The van der Waals surface area contributed by atoms with Crippen LogP contribution in [0, 0.1) is 41.4 Å². The molecule has 0 aromatic rings. The smallest absolute Gasteiger partial charge is 0.186 e. The van der Waals surface area contributed by atoms with Crippen LogP contribution < -0.4 is 11.1 Å². The zero-order valence-corrected chi connectivity index (χ0v) is 25.5. The monoisotopic (exact) mass is 628 g/mol. The third kappa shape index (κ3) is 6.93. The van der Waals surface area contributed by atoms with Crippen molar-refractivity contribution in [1.29, 1.82) is 0 Å². The molecule has 44 heavy (non-hydrogen) atoms. The second-order valence-electron chi connectivity index (χ2n) is 13.9. The molecule has 0 aromatic heterocycles. The first-order valence-corrected chi connectivity index (χ1v) is 16.4. The summed E-state index contributed by atoms with van der Waals surface area (Å²) in [6.45, 7) is 0.285. The van der Waals surface area contributed by atoms with Gasteiger partial charge >= 0.3 is 0 Å². The van der Waals surface area contributed by atoms with E-state index in [0.717, 1.165) is 32.2 Å². The summed E-state index contributed by atoms with van der Waals surface area (Å²) in [7, 11) is 1.52. The third-order valence-corrected chi connectivity index (χ3v) is 11.3. The molecule has 5 aliphatic rings. The standard InChI is InChI=1S/C31H52N2O11/c1-42-17-10-19-25(21(11-17)43-31-30(41)29(40)27(38)22(13-35)44-31)28(39)24-18(26(19)37)8-14(9-20(24)36)7-15(3-2-6-34)16-4-5-23(32)33-12-16/h14-25,27,29-31,33-36,38,40-41H,2-13,32H2,1H3/t14?,15-,16?,17?,18?,19?,20?,21?,22+,23?,24?,25?,27+,29-,30+,31-/m0/s1. The highest BCUT2D eigenvalue weighted by molar-refractivity contribution is 6.00. The van der Waals surface area contributed by atoms with Crippen LogP contribution in [0.5, 0.6) is 0 Å². The number of aliphatic hydroxyl groups excluding tert-OH is 6. The van der Waals surface area contributed by atoms with Crippen LogP contribution in [-0.2, 0) is 23.8 Å². The minimum atomic E-state index is -1.65. The van der Waals surface area contributed by atoms with E-state index in [1.54, 1.807) is 0 Å². The van der Waals surface area contributed by atoms with Gasteiger partial charge in [0.25, 0.3) is 0 Å². The van der Waals surface area contributed by atoms with Crippen molar-refractivity contribution >= 4 is 11.6 Å². The molecule has 0 bridgehead atoms. The number of piperidine rings is 1. The Morgan fingerprint density at radius 2 is 1.70 bits per heavy atom. The van der Waals surface area contributed by atoms with Crippen LogP contribution in [0.2, 0.25) is 0 Å². The summed E-state index contributed by atoms with van der Waals surface area (Å²) in [6.07, 6.45) is -4.10. The lowest BCUT2D eigenvalue weighted by atomic mass is 9.54. The Kier molecular flexibility index (Phi) is 11.5. The number of Topliss-reactive ketones (excluding diaryl/α,β-unsaturated/α-hetero) is 2. The Hall–Kier alpha value is -1.10. The van der Waals surface area contributed by atoms with Gasteiger partial charge in [0.15, 0.2) is 6.29 Å². The number of aliphatic hydroxyl groups is 6. The lowest BCUT2D eigenvalue weighted by molar-refractivity contribution is -0.319. The number of nitrogens with two attached hydrogens (primary N) is 1. The van der Waals surface area contributed by atoms with E-state index < -0.39 is 79.3 Å². The molecule has 10 unspecified atom stereocenters. The molecular weight excluding hydrogens is 576 g/mol. The molecule has 2 saturated heterocycles. The molecule has 0 spiro atoms. The summed E-state index contributed by atoms with van der Waals surface area (Å²) in [4.78, 5) is 28.3. The van der Waals surface area contributed by atoms with Gasteiger partial charge in [-0.15, -0.1) is 0 Å².